The highest BCUT2D eigenvalue weighted by Gasteiger charge is 2.41. The topological polar surface area (TPSA) is 106 Å². The average Bonchev–Trinajstić information content (AvgIpc) is 3.50. The first-order valence-electron chi connectivity index (χ1n) is 12.1. The summed E-state index contributed by atoms with van der Waals surface area (Å²) in [6, 6.07) is 12.7. The maximum absolute atomic E-state index is 14.2. The van der Waals surface area contributed by atoms with E-state index in [9.17, 15) is 8.96 Å². The number of thioether (sulfide) groups is 1. The largest absolute Gasteiger partial charge is 0.485 e. The van der Waals surface area contributed by atoms with E-state index in [0.717, 1.165) is 0 Å². The summed E-state index contributed by atoms with van der Waals surface area (Å²) in [5.41, 5.74) is 1.40. The second-order valence-corrected chi connectivity index (χ2v) is 11.6. The zero-order chi connectivity index (χ0) is 27.6. The molecule has 0 saturated heterocycles. The fraction of sp³-hybridized carbons (Fsp3) is 0.280. The molecular formula is C25H25ClFN6O4PS. The highest BCUT2D eigenvalue weighted by atomic mass is 35.5. The minimum absolute atomic E-state index is 0.105. The Bertz CT molecular complexity index is 1650. The molecule has 0 saturated carbocycles. The molecule has 204 valence electrons. The summed E-state index contributed by atoms with van der Waals surface area (Å²) in [7, 11) is -3.84. The van der Waals surface area contributed by atoms with Gasteiger partial charge in [-0.15, -0.1) is 16.9 Å². The molecule has 0 bridgehead atoms. The maximum Gasteiger partial charge on any atom is 0.359 e. The van der Waals surface area contributed by atoms with Crippen LogP contribution in [0.4, 0.5) is 4.39 Å². The Morgan fingerprint density at radius 3 is 2.49 bits per heavy atom. The van der Waals surface area contributed by atoms with E-state index >= 15 is 0 Å². The van der Waals surface area contributed by atoms with E-state index in [2.05, 4.69) is 15.1 Å². The van der Waals surface area contributed by atoms with E-state index in [1.54, 1.807) is 42.6 Å². The molecule has 1 unspecified atom stereocenters. The normalized spacial score (nSPS) is 12.8. The molecule has 14 heteroatoms. The number of ether oxygens (including phenoxy) is 1. The predicted molar refractivity (Wildman–Crippen MR) is 147 cm³/mol. The molecule has 5 aromatic rings. The molecule has 0 aliphatic rings. The number of hydrogen-bond donors (Lipinski definition) is 0. The van der Waals surface area contributed by atoms with Crippen molar-refractivity contribution in [2.45, 2.75) is 31.3 Å². The van der Waals surface area contributed by atoms with Crippen LogP contribution in [0, 0.1) is 5.82 Å². The fourth-order valence-electron chi connectivity index (χ4n) is 4.16. The van der Waals surface area contributed by atoms with Crippen molar-refractivity contribution >= 4 is 47.6 Å². The van der Waals surface area contributed by atoms with Gasteiger partial charge in [-0.2, -0.15) is 5.10 Å². The fourth-order valence-corrected chi connectivity index (χ4v) is 6.94. The Hall–Kier alpha value is -3.02. The molecule has 1 atom stereocenters. The van der Waals surface area contributed by atoms with Gasteiger partial charge in [0.25, 0.3) is 0 Å². The number of fused-ring (bicyclic) bond motifs is 3. The summed E-state index contributed by atoms with van der Waals surface area (Å²) < 4.78 is 48.3. The van der Waals surface area contributed by atoms with E-state index in [-0.39, 0.29) is 19.8 Å². The lowest BCUT2D eigenvalue weighted by atomic mass is 10.2. The van der Waals surface area contributed by atoms with Crippen molar-refractivity contribution in [2.24, 2.45) is 0 Å². The number of halogens is 2. The highest BCUT2D eigenvalue weighted by Crippen LogP contribution is 2.62. The van der Waals surface area contributed by atoms with E-state index in [4.69, 9.17) is 30.5 Å². The summed E-state index contributed by atoms with van der Waals surface area (Å²) >= 11 is 7.43. The van der Waals surface area contributed by atoms with Crippen molar-refractivity contribution in [2.75, 3.05) is 19.5 Å². The zero-order valence-electron chi connectivity index (χ0n) is 21.3. The van der Waals surface area contributed by atoms with E-state index in [1.807, 2.05) is 6.26 Å². The Balaban J connectivity index is 1.64. The maximum atomic E-state index is 14.2. The standard InChI is InChI=1S/C25H25ClFN6O4PS/c1-4-36-38(34,37-5-2)25(16-9-11-18(27)12-10-16)33-22-21(24(31-33)39-3)23-29-20(30-32(23)15-28-22)14-35-19-8-6-7-17(26)13-19/h6-13,15,25H,4-5,14H2,1-3H3. The van der Waals surface area contributed by atoms with Gasteiger partial charge in [0, 0.05) is 5.02 Å². The summed E-state index contributed by atoms with van der Waals surface area (Å²) in [4.78, 5) is 9.29. The van der Waals surface area contributed by atoms with Crippen molar-refractivity contribution in [3.05, 3.63) is 77.1 Å². The molecule has 39 heavy (non-hydrogen) atoms. The third-order valence-corrected chi connectivity index (χ3v) is 8.98. The Morgan fingerprint density at radius 2 is 1.82 bits per heavy atom. The predicted octanol–water partition coefficient (Wildman–Crippen LogP) is 6.38. The summed E-state index contributed by atoms with van der Waals surface area (Å²) in [5, 5.41) is 11.0. The molecule has 0 fully saturated rings. The SMILES string of the molecule is CCOP(=O)(OCC)C(c1ccc(F)cc1)n1nc(SC)c2c1ncn1nc(COc3cccc(Cl)c3)nc21. The van der Waals surface area contributed by atoms with Crippen LogP contribution >= 0.6 is 31.0 Å². The minimum Gasteiger partial charge on any atom is -0.485 e. The van der Waals surface area contributed by atoms with Crippen LogP contribution in [0.3, 0.4) is 0 Å². The molecular weight excluding hydrogens is 566 g/mol. The molecule has 3 heterocycles. The van der Waals surface area contributed by atoms with Crippen LogP contribution in [0.2, 0.25) is 5.02 Å². The molecule has 3 aromatic heterocycles. The average molecular weight is 591 g/mol. The second kappa shape index (κ2) is 11.6. The second-order valence-electron chi connectivity index (χ2n) is 8.24. The lowest BCUT2D eigenvalue weighted by Gasteiger charge is -2.27. The van der Waals surface area contributed by atoms with Crippen LogP contribution in [-0.2, 0) is 20.2 Å². The van der Waals surface area contributed by atoms with Gasteiger partial charge in [-0.3, -0.25) is 4.57 Å². The number of aromatic nitrogens is 6. The number of hydrogen-bond acceptors (Lipinski definition) is 9. The van der Waals surface area contributed by atoms with Crippen LogP contribution in [0.15, 0.2) is 59.9 Å². The van der Waals surface area contributed by atoms with Gasteiger partial charge in [-0.25, -0.2) is 23.6 Å². The van der Waals surface area contributed by atoms with Crippen molar-refractivity contribution < 1.29 is 22.7 Å². The van der Waals surface area contributed by atoms with Gasteiger partial charge in [-0.05, 0) is 56.0 Å². The molecule has 2 aromatic carbocycles. The molecule has 0 aliphatic carbocycles. The van der Waals surface area contributed by atoms with Gasteiger partial charge < -0.3 is 13.8 Å². The Morgan fingerprint density at radius 1 is 1.08 bits per heavy atom. The first-order valence-corrected chi connectivity index (χ1v) is 15.3. The first-order chi connectivity index (χ1) is 18.9. The van der Waals surface area contributed by atoms with Gasteiger partial charge in [0.15, 0.2) is 22.9 Å². The number of rotatable bonds is 11. The van der Waals surface area contributed by atoms with Crippen molar-refractivity contribution in [3.63, 3.8) is 0 Å². The number of benzene rings is 2. The van der Waals surface area contributed by atoms with Crippen LogP contribution in [0.25, 0.3) is 16.7 Å². The van der Waals surface area contributed by atoms with Gasteiger partial charge >= 0.3 is 7.60 Å². The van der Waals surface area contributed by atoms with Crippen LogP contribution < -0.4 is 4.74 Å². The molecule has 5 rings (SSSR count). The van der Waals surface area contributed by atoms with Crippen LogP contribution in [0.1, 0.15) is 31.0 Å². The van der Waals surface area contributed by atoms with Crippen molar-refractivity contribution in [3.8, 4) is 5.75 Å². The zero-order valence-corrected chi connectivity index (χ0v) is 23.8. The Labute approximate surface area is 233 Å². The summed E-state index contributed by atoms with van der Waals surface area (Å²) in [6.07, 6.45) is 3.37. The molecule has 0 aliphatic heterocycles. The van der Waals surface area contributed by atoms with E-state index in [1.165, 1.54) is 47.0 Å². The third-order valence-electron chi connectivity index (χ3n) is 5.72. The molecule has 0 N–H and O–H groups in total. The summed E-state index contributed by atoms with van der Waals surface area (Å²) in [5.74, 6) is -0.434. The molecule has 0 amide bonds. The van der Waals surface area contributed by atoms with Gasteiger partial charge in [0.2, 0.25) is 0 Å². The monoisotopic (exact) mass is 590 g/mol. The highest BCUT2D eigenvalue weighted by molar-refractivity contribution is 7.98. The van der Waals surface area contributed by atoms with Crippen molar-refractivity contribution in [1.82, 2.24) is 29.4 Å². The Kier molecular flexibility index (Phi) is 8.20. The van der Waals surface area contributed by atoms with Gasteiger partial charge in [0.1, 0.15) is 29.5 Å². The quantitative estimate of drug-likeness (QED) is 0.128. The lowest BCUT2D eigenvalue weighted by molar-refractivity contribution is 0.207. The molecule has 0 radical (unpaired) electrons. The first kappa shape index (κ1) is 27.5. The third kappa shape index (κ3) is 5.53. The van der Waals surface area contributed by atoms with Crippen LogP contribution in [-0.4, -0.2) is 48.8 Å². The van der Waals surface area contributed by atoms with Gasteiger partial charge in [0.05, 0.1) is 18.6 Å². The smallest absolute Gasteiger partial charge is 0.359 e. The lowest BCUT2D eigenvalue weighted by Crippen LogP contribution is -2.17. The van der Waals surface area contributed by atoms with E-state index < -0.39 is 19.2 Å². The summed E-state index contributed by atoms with van der Waals surface area (Å²) in [6.45, 7) is 3.84. The van der Waals surface area contributed by atoms with Gasteiger partial charge in [-0.1, -0.05) is 29.8 Å². The molecule has 0 spiro atoms. The minimum atomic E-state index is -3.84. The molecule has 10 nitrogen and oxygen atoms in total. The number of nitrogens with zero attached hydrogens (tertiary/aromatic N) is 6. The van der Waals surface area contributed by atoms with Crippen LogP contribution in [0.5, 0.6) is 5.75 Å². The van der Waals surface area contributed by atoms with Crippen molar-refractivity contribution in [1.29, 1.82) is 0 Å². The van der Waals surface area contributed by atoms with E-state index in [0.29, 0.717) is 43.9 Å².